The minimum atomic E-state index is 0. The summed E-state index contributed by atoms with van der Waals surface area (Å²) in [5.74, 6) is 0.0424. The first-order valence-electron chi connectivity index (χ1n) is 7.65. The first-order chi connectivity index (χ1) is 10.2. The van der Waals surface area contributed by atoms with E-state index in [0.29, 0.717) is 25.6 Å². The van der Waals surface area contributed by atoms with E-state index in [-0.39, 0.29) is 18.3 Å². The molecule has 124 valence electrons. The van der Waals surface area contributed by atoms with Crippen molar-refractivity contribution >= 4 is 29.9 Å². The second kappa shape index (κ2) is 10.1. The summed E-state index contributed by atoms with van der Waals surface area (Å²) in [6.45, 7) is 3.00. The van der Waals surface area contributed by atoms with Crippen molar-refractivity contribution in [2.45, 2.75) is 38.3 Å². The summed E-state index contributed by atoms with van der Waals surface area (Å²) in [5.41, 5.74) is 6.55. The summed E-state index contributed by atoms with van der Waals surface area (Å²) in [7, 11) is 0. The van der Waals surface area contributed by atoms with Gasteiger partial charge in [-0.3, -0.25) is 9.69 Å². The van der Waals surface area contributed by atoms with Crippen LogP contribution in [0.25, 0.3) is 0 Å². The predicted molar refractivity (Wildman–Crippen MR) is 93.4 cm³/mol. The van der Waals surface area contributed by atoms with E-state index in [1.807, 2.05) is 18.2 Å². The number of carbonyl (C=O) groups is 1. The molecule has 0 saturated carbocycles. The molecule has 0 aromatic heterocycles. The fourth-order valence-corrected chi connectivity index (χ4v) is 2.99. The second-order valence-corrected chi connectivity index (χ2v) is 5.96. The third kappa shape index (κ3) is 5.76. The van der Waals surface area contributed by atoms with Gasteiger partial charge in [-0.25, -0.2) is 0 Å². The summed E-state index contributed by atoms with van der Waals surface area (Å²) in [6.07, 6.45) is 3.94. The zero-order chi connectivity index (χ0) is 15.1. The number of benzene rings is 1. The Morgan fingerprint density at radius 2 is 2.14 bits per heavy atom. The Morgan fingerprint density at radius 1 is 1.36 bits per heavy atom. The van der Waals surface area contributed by atoms with Crippen LogP contribution in [0.15, 0.2) is 24.3 Å². The van der Waals surface area contributed by atoms with Crippen molar-refractivity contribution in [3.05, 3.63) is 34.9 Å². The number of halogens is 2. The van der Waals surface area contributed by atoms with Gasteiger partial charge in [0.25, 0.3) is 0 Å². The molecule has 3 N–H and O–H groups in total. The summed E-state index contributed by atoms with van der Waals surface area (Å²) >= 11 is 6.25. The minimum Gasteiger partial charge on any atom is -0.354 e. The number of amides is 1. The van der Waals surface area contributed by atoms with Crippen LogP contribution in [0, 0.1) is 0 Å². The summed E-state index contributed by atoms with van der Waals surface area (Å²) < 4.78 is 0. The van der Waals surface area contributed by atoms with Crippen molar-refractivity contribution in [2.75, 3.05) is 19.6 Å². The van der Waals surface area contributed by atoms with E-state index in [2.05, 4.69) is 16.3 Å². The van der Waals surface area contributed by atoms with Crippen LogP contribution in [0.1, 0.15) is 31.2 Å². The molecule has 1 amide bonds. The van der Waals surface area contributed by atoms with E-state index in [9.17, 15) is 4.79 Å². The molecule has 1 fully saturated rings. The zero-order valence-corrected chi connectivity index (χ0v) is 14.3. The minimum absolute atomic E-state index is 0. The van der Waals surface area contributed by atoms with Crippen LogP contribution in [0.5, 0.6) is 0 Å². The predicted octanol–water partition coefficient (Wildman–Crippen LogP) is 2.58. The normalized spacial score (nSPS) is 18.5. The molecule has 0 radical (unpaired) electrons. The van der Waals surface area contributed by atoms with Crippen LogP contribution in [0.2, 0.25) is 5.02 Å². The Balaban J connectivity index is 0.00000242. The van der Waals surface area contributed by atoms with Gasteiger partial charge in [-0.1, -0.05) is 36.2 Å². The fourth-order valence-electron chi connectivity index (χ4n) is 2.80. The van der Waals surface area contributed by atoms with Crippen molar-refractivity contribution in [1.82, 2.24) is 10.2 Å². The number of nitrogens with two attached hydrogens (primary N) is 1. The number of rotatable bonds is 6. The lowest BCUT2D eigenvalue weighted by atomic mass is 10.0. The monoisotopic (exact) mass is 345 g/mol. The van der Waals surface area contributed by atoms with Crippen molar-refractivity contribution in [2.24, 2.45) is 5.73 Å². The maximum Gasteiger partial charge on any atom is 0.221 e. The second-order valence-electron chi connectivity index (χ2n) is 5.55. The molecule has 1 aromatic rings. The van der Waals surface area contributed by atoms with Crippen molar-refractivity contribution in [1.29, 1.82) is 0 Å². The smallest absolute Gasteiger partial charge is 0.221 e. The van der Waals surface area contributed by atoms with Gasteiger partial charge in [0.2, 0.25) is 5.91 Å². The average Bonchev–Trinajstić information content (AvgIpc) is 2.49. The number of likely N-dealkylation sites (tertiary alicyclic amines) is 1. The molecule has 0 bridgehead atoms. The molecule has 22 heavy (non-hydrogen) atoms. The third-order valence-corrected chi connectivity index (χ3v) is 4.36. The van der Waals surface area contributed by atoms with Gasteiger partial charge >= 0.3 is 0 Å². The van der Waals surface area contributed by atoms with Gasteiger partial charge in [-0.05, 0) is 31.0 Å². The molecule has 1 aromatic carbocycles. The molecule has 0 spiro atoms. The summed E-state index contributed by atoms with van der Waals surface area (Å²) in [4.78, 5) is 14.0. The van der Waals surface area contributed by atoms with E-state index < -0.39 is 0 Å². The van der Waals surface area contributed by atoms with Crippen molar-refractivity contribution < 1.29 is 4.79 Å². The van der Waals surface area contributed by atoms with Crippen LogP contribution < -0.4 is 11.1 Å². The zero-order valence-electron chi connectivity index (χ0n) is 12.8. The molecule has 1 aliphatic heterocycles. The highest BCUT2D eigenvalue weighted by Crippen LogP contribution is 2.22. The van der Waals surface area contributed by atoms with Gasteiger partial charge in [0.15, 0.2) is 0 Å². The number of carbonyl (C=O) groups excluding carboxylic acids is 1. The van der Waals surface area contributed by atoms with Crippen LogP contribution in [0.4, 0.5) is 0 Å². The van der Waals surface area contributed by atoms with E-state index in [1.54, 1.807) is 0 Å². The lowest BCUT2D eigenvalue weighted by Gasteiger charge is -2.36. The molecule has 1 saturated heterocycles. The van der Waals surface area contributed by atoms with E-state index in [1.165, 1.54) is 12.8 Å². The molecule has 1 unspecified atom stereocenters. The molecule has 2 rings (SSSR count). The highest BCUT2D eigenvalue weighted by Gasteiger charge is 2.23. The molecular formula is C16H25Cl2N3O. The standard InChI is InChI=1S/C16H24ClN3O.ClH/c17-15-7-2-1-5-13(15)12-20-10-4-3-6-14(20)11-19-16(21)8-9-18;/h1-2,5,7,14H,3-4,6,8-12,18H2,(H,19,21);1H. The first-order valence-corrected chi connectivity index (χ1v) is 8.02. The Morgan fingerprint density at radius 3 is 2.86 bits per heavy atom. The maximum atomic E-state index is 11.6. The number of nitrogens with one attached hydrogen (secondary N) is 1. The van der Waals surface area contributed by atoms with Gasteiger partial charge in [-0.2, -0.15) is 0 Å². The highest BCUT2D eigenvalue weighted by atomic mass is 35.5. The van der Waals surface area contributed by atoms with Gasteiger partial charge in [-0.15, -0.1) is 12.4 Å². The largest absolute Gasteiger partial charge is 0.354 e. The number of nitrogens with zero attached hydrogens (tertiary/aromatic N) is 1. The van der Waals surface area contributed by atoms with Crippen molar-refractivity contribution in [3.63, 3.8) is 0 Å². The third-order valence-electron chi connectivity index (χ3n) is 3.99. The Bertz CT molecular complexity index is 470. The highest BCUT2D eigenvalue weighted by molar-refractivity contribution is 6.31. The van der Waals surface area contributed by atoms with Crippen LogP contribution in [-0.2, 0) is 11.3 Å². The van der Waals surface area contributed by atoms with Crippen LogP contribution in [0.3, 0.4) is 0 Å². The fraction of sp³-hybridized carbons (Fsp3) is 0.562. The Labute approximate surface area is 143 Å². The van der Waals surface area contributed by atoms with E-state index >= 15 is 0 Å². The van der Waals surface area contributed by atoms with Gasteiger partial charge in [0, 0.05) is 37.1 Å². The number of piperidine rings is 1. The molecule has 0 aliphatic carbocycles. The van der Waals surface area contributed by atoms with Gasteiger partial charge < -0.3 is 11.1 Å². The maximum absolute atomic E-state index is 11.6. The molecule has 1 aliphatic rings. The number of hydrogen-bond donors (Lipinski definition) is 2. The average molecular weight is 346 g/mol. The molecule has 1 heterocycles. The molecular weight excluding hydrogens is 321 g/mol. The van der Waals surface area contributed by atoms with Crippen LogP contribution in [-0.4, -0.2) is 36.5 Å². The van der Waals surface area contributed by atoms with Crippen LogP contribution >= 0.6 is 24.0 Å². The van der Waals surface area contributed by atoms with E-state index in [4.69, 9.17) is 17.3 Å². The van der Waals surface area contributed by atoms with Gasteiger partial charge in [0.05, 0.1) is 0 Å². The summed E-state index contributed by atoms with van der Waals surface area (Å²) in [5, 5.41) is 3.80. The lowest BCUT2D eigenvalue weighted by molar-refractivity contribution is -0.121. The Kier molecular flexibility index (Phi) is 8.79. The van der Waals surface area contributed by atoms with Gasteiger partial charge in [0.1, 0.15) is 0 Å². The quantitative estimate of drug-likeness (QED) is 0.832. The van der Waals surface area contributed by atoms with Crippen molar-refractivity contribution in [3.8, 4) is 0 Å². The Hall–Kier alpha value is -0.810. The SMILES string of the molecule is Cl.NCCC(=O)NCC1CCCCN1Cc1ccccc1Cl. The number of hydrogen-bond acceptors (Lipinski definition) is 3. The molecule has 4 nitrogen and oxygen atoms in total. The first kappa shape index (κ1) is 19.2. The summed E-state index contributed by atoms with van der Waals surface area (Å²) in [6, 6.07) is 8.35. The topological polar surface area (TPSA) is 58.4 Å². The molecule has 6 heteroatoms. The lowest BCUT2D eigenvalue weighted by Crippen LogP contribution is -2.46. The molecule has 1 atom stereocenters. The van der Waals surface area contributed by atoms with E-state index in [0.717, 1.165) is 30.1 Å².